The summed E-state index contributed by atoms with van der Waals surface area (Å²) in [5.41, 5.74) is 6.00. The monoisotopic (exact) mass is 546 g/mol. The largest absolute Gasteiger partial charge is 0.494 e. The van der Waals surface area contributed by atoms with E-state index in [-0.39, 0.29) is 12.5 Å². The number of methoxy groups -OCH3 is 1. The number of ether oxygens (including phenoxy) is 3. The Bertz CT molecular complexity index is 1350. The highest BCUT2D eigenvalue weighted by Crippen LogP contribution is 2.27. The third-order valence-electron chi connectivity index (χ3n) is 5.67. The molecule has 0 heterocycles. The molecule has 0 bridgehead atoms. The van der Waals surface area contributed by atoms with Crippen molar-refractivity contribution in [2.75, 3.05) is 31.0 Å². The summed E-state index contributed by atoms with van der Waals surface area (Å²) in [6, 6.07) is 17.4. The molecule has 0 spiro atoms. The highest BCUT2D eigenvalue weighted by Gasteiger charge is 2.13. The van der Waals surface area contributed by atoms with E-state index in [0.717, 1.165) is 29.7 Å². The maximum Gasteiger partial charge on any atom is 0.329 e. The summed E-state index contributed by atoms with van der Waals surface area (Å²) in [5, 5.41) is 9.17. The van der Waals surface area contributed by atoms with Gasteiger partial charge in [-0.1, -0.05) is 31.0 Å². The Morgan fingerprint density at radius 1 is 0.875 bits per heavy atom. The Kier molecular flexibility index (Phi) is 11.1. The van der Waals surface area contributed by atoms with Crippen LogP contribution >= 0.6 is 0 Å². The molecule has 0 aliphatic carbocycles. The molecule has 0 atom stereocenters. The van der Waals surface area contributed by atoms with Crippen LogP contribution in [0.4, 0.5) is 11.4 Å². The first-order valence-corrected chi connectivity index (χ1v) is 12.8. The second-order valence-electron chi connectivity index (χ2n) is 8.95. The molecule has 0 unspecified atom stereocenters. The maximum absolute atomic E-state index is 12.4. The third kappa shape index (κ3) is 9.16. The van der Waals surface area contributed by atoms with Crippen LogP contribution in [0.5, 0.6) is 17.2 Å². The zero-order chi connectivity index (χ0) is 28.9. The van der Waals surface area contributed by atoms with Gasteiger partial charge in [0.2, 0.25) is 0 Å². The minimum Gasteiger partial charge on any atom is -0.494 e. The minimum atomic E-state index is -0.929. The summed E-state index contributed by atoms with van der Waals surface area (Å²) in [6.07, 6.45) is 3.35. The van der Waals surface area contributed by atoms with Crippen LogP contribution in [0, 0.1) is 13.8 Å². The molecule has 3 aromatic carbocycles. The summed E-state index contributed by atoms with van der Waals surface area (Å²) in [7, 11) is 1.47. The molecule has 10 heteroatoms. The van der Waals surface area contributed by atoms with Crippen molar-refractivity contribution in [3.05, 3.63) is 77.4 Å². The van der Waals surface area contributed by atoms with E-state index in [1.807, 2.05) is 32.0 Å². The lowest BCUT2D eigenvalue weighted by atomic mass is 10.1. The molecule has 210 valence electrons. The van der Waals surface area contributed by atoms with Crippen LogP contribution in [0.25, 0.3) is 0 Å². The van der Waals surface area contributed by atoms with Gasteiger partial charge in [0.05, 0.1) is 19.9 Å². The van der Waals surface area contributed by atoms with Gasteiger partial charge in [0.1, 0.15) is 5.75 Å². The SMILES string of the molecule is CCCCOc1ccc(NC(=O)C(=O)N/N=C\c2ccc(OCC(=O)Nc3ccc(C)cc3C)c(OC)c2)cc1. The first-order chi connectivity index (χ1) is 19.3. The first-order valence-electron chi connectivity index (χ1n) is 12.8. The Labute approximate surface area is 233 Å². The van der Waals surface area contributed by atoms with Crippen molar-refractivity contribution in [1.29, 1.82) is 0 Å². The Balaban J connectivity index is 1.48. The van der Waals surface area contributed by atoms with Crippen LogP contribution in [-0.4, -0.2) is 44.3 Å². The molecule has 0 saturated carbocycles. The second kappa shape index (κ2) is 14.9. The van der Waals surface area contributed by atoms with Crippen LogP contribution in [0.2, 0.25) is 0 Å². The molecule has 0 aliphatic heterocycles. The predicted octanol–water partition coefficient (Wildman–Crippen LogP) is 4.60. The highest BCUT2D eigenvalue weighted by atomic mass is 16.5. The van der Waals surface area contributed by atoms with Gasteiger partial charge in [-0.05, 0) is 79.9 Å². The Morgan fingerprint density at radius 2 is 1.65 bits per heavy atom. The van der Waals surface area contributed by atoms with E-state index in [9.17, 15) is 14.4 Å². The summed E-state index contributed by atoms with van der Waals surface area (Å²) >= 11 is 0. The van der Waals surface area contributed by atoms with E-state index in [4.69, 9.17) is 14.2 Å². The van der Waals surface area contributed by atoms with Gasteiger partial charge in [0.15, 0.2) is 18.1 Å². The molecule has 3 aromatic rings. The number of hydrogen-bond donors (Lipinski definition) is 3. The Morgan fingerprint density at radius 3 is 2.35 bits per heavy atom. The van der Waals surface area contributed by atoms with Gasteiger partial charge in [-0.3, -0.25) is 14.4 Å². The van der Waals surface area contributed by atoms with Crippen LogP contribution in [0.3, 0.4) is 0 Å². The normalized spacial score (nSPS) is 10.6. The van der Waals surface area contributed by atoms with Crippen LogP contribution < -0.4 is 30.3 Å². The average molecular weight is 547 g/mol. The minimum absolute atomic E-state index is 0.211. The first kappa shape index (κ1) is 29.7. The van der Waals surface area contributed by atoms with Gasteiger partial charge in [-0.15, -0.1) is 0 Å². The molecule has 0 fully saturated rings. The average Bonchev–Trinajstić information content (AvgIpc) is 2.94. The van der Waals surface area contributed by atoms with Crippen LogP contribution in [-0.2, 0) is 14.4 Å². The van der Waals surface area contributed by atoms with Gasteiger partial charge >= 0.3 is 11.8 Å². The number of nitrogens with zero attached hydrogens (tertiary/aromatic N) is 1. The lowest BCUT2D eigenvalue weighted by Crippen LogP contribution is -2.32. The number of anilines is 2. The zero-order valence-electron chi connectivity index (χ0n) is 23.1. The van der Waals surface area contributed by atoms with Crippen LogP contribution in [0.1, 0.15) is 36.5 Å². The molecule has 3 amide bonds. The van der Waals surface area contributed by atoms with E-state index in [0.29, 0.717) is 35.1 Å². The van der Waals surface area contributed by atoms with E-state index in [2.05, 4.69) is 28.1 Å². The van der Waals surface area contributed by atoms with E-state index in [1.54, 1.807) is 42.5 Å². The van der Waals surface area contributed by atoms with Gasteiger partial charge in [0, 0.05) is 11.4 Å². The fourth-order valence-electron chi connectivity index (χ4n) is 3.54. The predicted molar refractivity (Wildman–Crippen MR) is 154 cm³/mol. The van der Waals surface area contributed by atoms with Crippen molar-refractivity contribution >= 4 is 35.3 Å². The summed E-state index contributed by atoms with van der Waals surface area (Å²) < 4.78 is 16.6. The molecular formula is C30H34N4O6. The molecular weight excluding hydrogens is 512 g/mol. The topological polar surface area (TPSA) is 127 Å². The van der Waals surface area contributed by atoms with E-state index in [1.165, 1.54) is 13.3 Å². The molecule has 3 N–H and O–H groups in total. The highest BCUT2D eigenvalue weighted by molar-refractivity contribution is 6.39. The van der Waals surface area contributed by atoms with Crippen molar-refractivity contribution in [2.45, 2.75) is 33.6 Å². The maximum atomic E-state index is 12.4. The number of rotatable bonds is 12. The standard InChI is InChI=1S/C30H34N4O6/c1-5-6-15-39-24-11-9-23(10-12-24)32-29(36)30(37)34-31-18-22-8-14-26(27(17-22)38-4)40-19-28(35)33-25-13-7-20(2)16-21(25)3/h7-14,16-18H,5-6,15,19H2,1-4H3,(H,32,36)(H,33,35)(H,34,37)/b31-18-. The van der Waals surface area contributed by atoms with Gasteiger partial charge < -0.3 is 24.8 Å². The number of nitrogens with one attached hydrogen (secondary N) is 3. The van der Waals surface area contributed by atoms with Crippen molar-refractivity contribution < 1.29 is 28.6 Å². The van der Waals surface area contributed by atoms with Crippen molar-refractivity contribution in [2.24, 2.45) is 5.10 Å². The molecule has 0 radical (unpaired) electrons. The van der Waals surface area contributed by atoms with Crippen molar-refractivity contribution in [3.8, 4) is 17.2 Å². The molecule has 10 nitrogen and oxygen atoms in total. The van der Waals surface area contributed by atoms with Crippen LogP contribution in [0.15, 0.2) is 65.8 Å². The number of unbranched alkanes of at least 4 members (excludes halogenated alkanes) is 1. The van der Waals surface area contributed by atoms with Gasteiger partial charge in [0.25, 0.3) is 5.91 Å². The molecule has 40 heavy (non-hydrogen) atoms. The van der Waals surface area contributed by atoms with Crippen molar-refractivity contribution in [3.63, 3.8) is 0 Å². The smallest absolute Gasteiger partial charge is 0.329 e. The zero-order valence-corrected chi connectivity index (χ0v) is 23.1. The third-order valence-corrected chi connectivity index (χ3v) is 5.67. The number of benzene rings is 3. The fraction of sp³-hybridized carbons (Fsp3) is 0.267. The number of carbonyl (C=O) groups is 3. The Hall–Kier alpha value is -4.86. The van der Waals surface area contributed by atoms with Gasteiger partial charge in [-0.2, -0.15) is 5.10 Å². The summed E-state index contributed by atoms with van der Waals surface area (Å²) in [6.45, 7) is 6.40. The lowest BCUT2D eigenvalue weighted by molar-refractivity contribution is -0.136. The quantitative estimate of drug-likeness (QED) is 0.132. The molecule has 0 aromatic heterocycles. The number of carbonyl (C=O) groups excluding carboxylic acids is 3. The van der Waals surface area contributed by atoms with E-state index < -0.39 is 11.8 Å². The summed E-state index contributed by atoms with van der Waals surface area (Å²) in [5.74, 6) is -0.682. The fourth-order valence-corrected chi connectivity index (χ4v) is 3.54. The van der Waals surface area contributed by atoms with Crippen molar-refractivity contribution in [1.82, 2.24) is 5.43 Å². The molecule has 0 aliphatic rings. The number of hydrazone groups is 1. The molecule has 0 saturated heterocycles. The lowest BCUT2D eigenvalue weighted by Gasteiger charge is -2.12. The second-order valence-corrected chi connectivity index (χ2v) is 8.95. The summed E-state index contributed by atoms with van der Waals surface area (Å²) in [4.78, 5) is 36.7. The van der Waals surface area contributed by atoms with Gasteiger partial charge in [-0.25, -0.2) is 5.43 Å². The number of amides is 3. The molecule has 3 rings (SSSR count). The number of hydrogen-bond acceptors (Lipinski definition) is 7. The van der Waals surface area contributed by atoms with E-state index >= 15 is 0 Å². The number of aryl methyl sites for hydroxylation is 2.